The number of esters is 2. The summed E-state index contributed by atoms with van der Waals surface area (Å²) in [6.45, 7) is 1.79. The van der Waals surface area contributed by atoms with Gasteiger partial charge in [0.15, 0.2) is 0 Å². The van der Waals surface area contributed by atoms with E-state index in [1.165, 1.54) is 19.9 Å². The molecule has 196 valence electrons. The van der Waals surface area contributed by atoms with Gasteiger partial charge in [0.05, 0.1) is 66.9 Å². The normalized spacial score (nSPS) is 16.9. The number of halogens is 4. The summed E-state index contributed by atoms with van der Waals surface area (Å²) in [5, 5.41) is 20.6. The van der Waals surface area contributed by atoms with Crippen LogP contribution < -0.4 is 5.32 Å². The van der Waals surface area contributed by atoms with E-state index in [9.17, 15) is 27.9 Å². The van der Waals surface area contributed by atoms with Crippen molar-refractivity contribution in [2.24, 2.45) is 0 Å². The number of allylic oxidation sites excluding steroid dienone is 1. The topological polar surface area (TPSA) is 146 Å². The number of aliphatic hydroxyl groups excluding tert-OH is 2. The van der Waals surface area contributed by atoms with Crippen LogP contribution in [0.4, 0.5) is 13.2 Å². The van der Waals surface area contributed by atoms with Crippen molar-refractivity contribution in [2.45, 2.75) is 32.0 Å². The molecule has 9 nitrogen and oxygen atoms in total. The molecule has 1 aliphatic heterocycles. The van der Waals surface area contributed by atoms with Crippen molar-refractivity contribution in [1.82, 2.24) is 5.32 Å². The van der Waals surface area contributed by atoms with Gasteiger partial charge in [-0.05, 0) is 25.5 Å². The predicted molar refractivity (Wildman–Crippen MR) is 118 cm³/mol. The number of rotatable bonds is 9. The Kier molecular flexibility index (Phi) is 11.2. The Balaban J connectivity index is 0.00000612. The molecule has 1 aromatic carbocycles. The van der Waals surface area contributed by atoms with Crippen LogP contribution in [0.2, 0.25) is 5.02 Å². The zero-order chi connectivity index (χ0) is 25.6. The molecule has 1 aromatic rings. The average molecular weight is 526 g/mol. The van der Waals surface area contributed by atoms with Gasteiger partial charge >= 0.3 is 18.1 Å². The molecule has 0 radical (unpaired) electrons. The fraction of sp³-hybridized carbons (Fsp3) is 0.455. The Hall–Kier alpha value is -2.64. The molecule has 13 heteroatoms. The van der Waals surface area contributed by atoms with Gasteiger partial charge in [0.2, 0.25) is 0 Å². The molecule has 2 rings (SSSR count). The number of carbonyl (C=O) groups is 2. The van der Waals surface area contributed by atoms with E-state index in [0.717, 1.165) is 19.2 Å². The largest absolute Gasteiger partial charge is 0.466 e. The molecule has 0 fully saturated rings. The second-order valence-electron chi connectivity index (χ2n) is 7.26. The number of ether oxygens (including phenoxy) is 3. The van der Waals surface area contributed by atoms with E-state index in [1.54, 1.807) is 0 Å². The lowest BCUT2D eigenvalue weighted by Crippen LogP contribution is -2.35. The minimum atomic E-state index is -4.79. The van der Waals surface area contributed by atoms with Crippen molar-refractivity contribution in [3.8, 4) is 0 Å². The monoisotopic (exact) mass is 525 g/mol. The third-order valence-electron chi connectivity index (χ3n) is 4.96. The molecule has 1 heterocycles. The SMILES string of the molecule is CCOC(=O)C1=C(COCC(O)CO)NC(C)=C(C(=O)OC)C1c1cccc(C(F)(F)F)c1Cl.O. The Morgan fingerprint density at radius 3 is 2.43 bits per heavy atom. The number of methoxy groups -OCH3 is 1. The zero-order valence-corrected chi connectivity index (χ0v) is 19.9. The molecule has 0 saturated carbocycles. The summed E-state index contributed by atoms with van der Waals surface area (Å²) < 4.78 is 56.0. The summed E-state index contributed by atoms with van der Waals surface area (Å²) in [4.78, 5) is 25.7. The van der Waals surface area contributed by atoms with Crippen molar-refractivity contribution in [1.29, 1.82) is 0 Å². The van der Waals surface area contributed by atoms with Gasteiger partial charge in [-0.1, -0.05) is 23.7 Å². The van der Waals surface area contributed by atoms with Gasteiger partial charge < -0.3 is 35.2 Å². The van der Waals surface area contributed by atoms with E-state index < -0.39 is 47.3 Å². The molecule has 5 N–H and O–H groups in total. The van der Waals surface area contributed by atoms with Gasteiger partial charge in [0.25, 0.3) is 0 Å². The summed E-state index contributed by atoms with van der Waals surface area (Å²) in [5.41, 5.74) is -1.35. The van der Waals surface area contributed by atoms with E-state index in [2.05, 4.69) is 5.32 Å². The van der Waals surface area contributed by atoms with Crippen LogP contribution >= 0.6 is 11.6 Å². The van der Waals surface area contributed by atoms with Crippen molar-refractivity contribution in [2.75, 3.05) is 33.5 Å². The number of hydrogen-bond donors (Lipinski definition) is 3. The number of nitrogens with one attached hydrogen (secondary N) is 1. The minimum absolute atomic E-state index is 0. The van der Waals surface area contributed by atoms with Gasteiger partial charge in [-0.2, -0.15) is 13.2 Å². The Morgan fingerprint density at radius 2 is 1.89 bits per heavy atom. The maximum absolute atomic E-state index is 13.6. The summed E-state index contributed by atoms with van der Waals surface area (Å²) in [6.07, 6.45) is -5.98. The first-order valence-corrected chi connectivity index (χ1v) is 10.5. The number of dihydropyridines is 1. The Bertz CT molecular complexity index is 993. The second-order valence-corrected chi connectivity index (χ2v) is 7.64. The fourth-order valence-electron chi connectivity index (χ4n) is 3.49. The van der Waals surface area contributed by atoms with Crippen LogP contribution in [0.5, 0.6) is 0 Å². The van der Waals surface area contributed by atoms with Crippen molar-refractivity contribution in [3.05, 3.63) is 56.9 Å². The van der Waals surface area contributed by atoms with Gasteiger partial charge in [0.1, 0.15) is 6.10 Å². The third-order valence-corrected chi connectivity index (χ3v) is 5.38. The van der Waals surface area contributed by atoms with Crippen LogP contribution in [0.3, 0.4) is 0 Å². The highest BCUT2D eigenvalue weighted by Gasteiger charge is 2.42. The maximum Gasteiger partial charge on any atom is 0.417 e. The van der Waals surface area contributed by atoms with Crippen LogP contribution in [0, 0.1) is 0 Å². The zero-order valence-electron chi connectivity index (χ0n) is 19.2. The first-order chi connectivity index (χ1) is 16.0. The molecule has 0 aromatic heterocycles. The maximum atomic E-state index is 13.6. The smallest absolute Gasteiger partial charge is 0.417 e. The molecule has 0 spiro atoms. The Labute approximate surface area is 204 Å². The molecule has 1 aliphatic rings. The highest BCUT2D eigenvalue weighted by atomic mass is 35.5. The minimum Gasteiger partial charge on any atom is -0.466 e. The van der Waals surface area contributed by atoms with Crippen LogP contribution in [0.15, 0.2) is 40.7 Å². The summed E-state index contributed by atoms with van der Waals surface area (Å²) in [7, 11) is 1.09. The molecule has 0 amide bonds. The summed E-state index contributed by atoms with van der Waals surface area (Å²) in [6, 6.07) is 3.18. The lowest BCUT2D eigenvalue weighted by molar-refractivity contribution is -0.139. The molecule has 2 atom stereocenters. The van der Waals surface area contributed by atoms with E-state index in [0.29, 0.717) is 0 Å². The van der Waals surface area contributed by atoms with Crippen LogP contribution in [0.25, 0.3) is 0 Å². The predicted octanol–water partition coefficient (Wildman–Crippen LogP) is 1.85. The molecular formula is C22H27ClF3NO8. The molecule has 0 saturated heterocycles. The molecule has 2 unspecified atom stereocenters. The van der Waals surface area contributed by atoms with Crippen molar-refractivity contribution in [3.63, 3.8) is 0 Å². The number of aliphatic hydroxyl groups is 2. The number of carbonyl (C=O) groups excluding carboxylic acids is 2. The standard InChI is InChI=1S/C22H25ClF3NO7.H2O/c1-4-34-21(31)18-15(10-33-9-12(29)8-28)27-11(2)16(20(30)32-3)17(18)13-6-5-7-14(19(13)23)22(24,25)26;/h5-7,12,17,27-29H,4,8-10H2,1-3H3;1H2. The molecular weight excluding hydrogens is 499 g/mol. The van der Waals surface area contributed by atoms with Crippen molar-refractivity contribution < 1.29 is 52.7 Å². The van der Waals surface area contributed by atoms with Crippen molar-refractivity contribution >= 4 is 23.5 Å². The van der Waals surface area contributed by atoms with E-state index in [-0.39, 0.29) is 53.4 Å². The lowest BCUT2D eigenvalue weighted by atomic mass is 9.79. The van der Waals surface area contributed by atoms with Crippen LogP contribution in [0.1, 0.15) is 30.9 Å². The quantitative estimate of drug-likeness (QED) is 0.414. The number of alkyl halides is 3. The van der Waals surface area contributed by atoms with Gasteiger partial charge in [0, 0.05) is 5.70 Å². The average Bonchev–Trinajstić information content (AvgIpc) is 2.77. The highest BCUT2D eigenvalue weighted by molar-refractivity contribution is 6.32. The lowest BCUT2D eigenvalue weighted by Gasteiger charge is -2.32. The summed E-state index contributed by atoms with van der Waals surface area (Å²) >= 11 is 6.17. The first-order valence-electron chi connectivity index (χ1n) is 10.2. The Morgan fingerprint density at radius 1 is 1.23 bits per heavy atom. The van der Waals surface area contributed by atoms with Crippen LogP contribution in [-0.4, -0.2) is 67.3 Å². The van der Waals surface area contributed by atoms with Gasteiger partial charge in [-0.15, -0.1) is 0 Å². The number of hydrogen-bond acceptors (Lipinski definition) is 8. The fourth-order valence-corrected chi connectivity index (χ4v) is 3.84. The van der Waals surface area contributed by atoms with Gasteiger partial charge in [-0.25, -0.2) is 9.59 Å². The molecule has 35 heavy (non-hydrogen) atoms. The number of benzene rings is 1. The second kappa shape index (κ2) is 12.9. The van der Waals surface area contributed by atoms with Crippen LogP contribution in [-0.2, 0) is 30.0 Å². The summed E-state index contributed by atoms with van der Waals surface area (Å²) in [5.74, 6) is -3.17. The molecule has 0 bridgehead atoms. The highest BCUT2D eigenvalue weighted by Crippen LogP contribution is 2.45. The van der Waals surface area contributed by atoms with E-state index in [4.69, 9.17) is 30.9 Å². The first kappa shape index (κ1) is 30.4. The van der Waals surface area contributed by atoms with Gasteiger partial charge in [-0.3, -0.25) is 0 Å². The van der Waals surface area contributed by atoms with E-state index >= 15 is 0 Å². The van der Waals surface area contributed by atoms with E-state index in [1.807, 2.05) is 0 Å². The molecule has 0 aliphatic carbocycles. The third kappa shape index (κ3) is 6.95.